The number of ether oxygens (including phenoxy) is 2. The molecule has 0 atom stereocenters. The second kappa shape index (κ2) is 17.5. The molecule has 3 aromatic rings. The Kier molecular flexibility index (Phi) is 13.8. The van der Waals surface area contributed by atoms with Crippen molar-refractivity contribution in [2.24, 2.45) is 0 Å². The smallest absolute Gasteiger partial charge is 0.389 e. The number of unbranched alkanes of at least 4 members (excludes halogenated alkanes) is 1. The molecule has 0 unspecified atom stereocenters. The number of carbonyl (C=O) groups is 2. The van der Waals surface area contributed by atoms with Gasteiger partial charge >= 0.3 is 18.1 Å². The summed E-state index contributed by atoms with van der Waals surface area (Å²) < 4.78 is 47.8. The van der Waals surface area contributed by atoms with E-state index in [0.717, 1.165) is 50.9 Å². The Hall–Kier alpha value is -4.21. The Labute approximate surface area is 268 Å². The zero-order chi connectivity index (χ0) is 33.7. The van der Waals surface area contributed by atoms with Crippen molar-refractivity contribution in [2.45, 2.75) is 58.0 Å². The molecule has 0 fully saturated rings. The molecule has 46 heavy (non-hydrogen) atoms. The van der Waals surface area contributed by atoms with Crippen LogP contribution >= 0.6 is 0 Å². The van der Waals surface area contributed by atoms with E-state index in [2.05, 4.69) is 32.2 Å². The van der Waals surface area contributed by atoms with Gasteiger partial charge in [0.1, 0.15) is 0 Å². The number of carbonyl (C=O) groups excluding carboxylic acids is 2. The van der Waals surface area contributed by atoms with Gasteiger partial charge in [-0.3, -0.25) is 0 Å². The molecule has 0 radical (unpaired) electrons. The standard InChI is InChI=1S/C37H41F3O6/c1-4-28-21-31(29-10-8-27(9-11-29)7-5-6-18-37(38,39)40)14-15-34(28)33-13-12-30(16-19-45-35(43)25(2)23-41)32(22-33)17-20-46-36(44)26(3)24-42/h8-15,21-22,41-42H,2-7,16-20,23-24H2,1H3. The maximum absolute atomic E-state index is 12.4. The second-order valence-electron chi connectivity index (χ2n) is 11.0. The van der Waals surface area contributed by atoms with Gasteiger partial charge in [0, 0.05) is 19.3 Å². The fourth-order valence-electron chi connectivity index (χ4n) is 4.98. The number of hydrogen-bond acceptors (Lipinski definition) is 6. The van der Waals surface area contributed by atoms with Gasteiger partial charge in [0.15, 0.2) is 0 Å². The number of hydrogen-bond donors (Lipinski definition) is 2. The molecule has 0 aliphatic heterocycles. The Morgan fingerprint density at radius 2 is 1.24 bits per heavy atom. The van der Waals surface area contributed by atoms with Gasteiger partial charge in [0.05, 0.1) is 37.6 Å². The summed E-state index contributed by atoms with van der Waals surface area (Å²) >= 11 is 0. The molecule has 0 saturated heterocycles. The lowest BCUT2D eigenvalue weighted by molar-refractivity contribution is -0.140. The minimum atomic E-state index is -4.12. The number of rotatable bonds is 17. The Balaban J connectivity index is 1.79. The minimum absolute atomic E-state index is 0.0297. The first-order chi connectivity index (χ1) is 21.9. The van der Waals surface area contributed by atoms with Crippen molar-refractivity contribution in [2.75, 3.05) is 26.4 Å². The molecule has 0 spiro atoms. The van der Waals surface area contributed by atoms with Crippen LogP contribution in [-0.2, 0) is 44.7 Å². The van der Waals surface area contributed by atoms with Gasteiger partial charge in [-0.05, 0) is 70.2 Å². The van der Waals surface area contributed by atoms with Crippen LogP contribution in [0.3, 0.4) is 0 Å². The summed E-state index contributed by atoms with van der Waals surface area (Å²) in [7, 11) is 0. The molecule has 0 saturated carbocycles. The highest BCUT2D eigenvalue weighted by Gasteiger charge is 2.25. The van der Waals surface area contributed by atoms with Crippen LogP contribution in [0.15, 0.2) is 85.0 Å². The summed E-state index contributed by atoms with van der Waals surface area (Å²) in [5.74, 6) is -1.34. The number of aliphatic hydroxyl groups excluding tert-OH is 2. The lowest BCUT2D eigenvalue weighted by Gasteiger charge is -2.16. The van der Waals surface area contributed by atoms with Gasteiger partial charge in [-0.25, -0.2) is 9.59 Å². The van der Waals surface area contributed by atoms with E-state index in [9.17, 15) is 22.8 Å². The third kappa shape index (κ3) is 11.0. The minimum Gasteiger partial charge on any atom is -0.462 e. The summed E-state index contributed by atoms with van der Waals surface area (Å²) in [5.41, 5.74) is 7.91. The summed E-state index contributed by atoms with van der Waals surface area (Å²) in [4.78, 5) is 23.9. The Morgan fingerprint density at radius 1 is 0.696 bits per heavy atom. The lowest BCUT2D eigenvalue weighted by atomic mass is 9.90. The molecule has 0 amide bonds. The van der Waals surface area contributed by atoms with Crippen molar-refractivity contribution < 1.29 is 42.4 Å². The van der Waals surface area contributed by atoms with Crippen molar-refractivity contribution in [3.05, 3.63) is 107 Å². The van der Waals surface area contributed by atoms with Gasteiger partial charge in [-0.2, -0.15) is 13.2 Å². The third-order valence-electron chi connectivity index (χ3n) is 7.63. The lowest BCUT2D eigenvalue weighted by Crippen LogP contribution is -2.14. The SMILES string of the molecule is C=C(CO)C(=O)OCCc1ccc(-c2ccc(-c3ccc(CCCCC(F)(F)F)cc3)cc2CC)cc1CCOC(=O)C(=C)CO. The van der Waals surface area contributed by atoms with Crippen molar-refractivity contribution >= 4 is 11.9 Å². The Bertz CT molecular complexity index is 1510. The molecule has 3 aromatic carbocycles. The highest BCUT2D eigenvalue weighted by atomic mass is 19.4. The number of alkyl halides is 3. The van der Waals surface area contributed by atoms with Crippen LogP contribution in [0.5, 0.6) is 0 Å². The van der Waals surface area contributed by atoms with E-state index in [-0.39, 0.29) is 30.8 Å². The van der Waals surface area contributed by atoms with Crippen LogP contribution in [0.4, 0.5) is 13.2 Å². The second-order valence-corrected chi connectivity index (χ2v) is 11.0. The molecule has 2 N–H and O–H groups in total. The predicted octanol–water partition coefficient (Wildman–Crippen LogP) is 7.13. The molecule has 0 aromatic heterocycles. The molecule has 9 heteroatoms. The van der Waals surface area contributed by atoms with E-state index in [1.807, 2.05) is 48.5 Å². The van der Waals surface area contributed by atoms with Gasteiger partial charge in [0.2, 0.25) is 0 Å². The van der Waals surface area contributed by atoms with E-state index in [1.165, 1.54) is 0 Å². The van der Waals surface area contributed by atoms with Crippen molar-refractivity contribution in [3.8, 4) is 22.3 Å². The zero-order valence-electron chi connectivity index (χ0n) is 26.1. The van der Waals surface area contributed by atoms with Crippen LogP contribution in [0, 0.1) is 0 Å². The summed E-state index contributed by atoms with van der Waals surface area (Å²) in [6, 6.07) is 20.1. The average molecular weight is 639 g/mol. The van der Waals surface area contributed by atoms with E-state index < -0.39 is 37.7 Å². The molecule has 6 nitrogen and oxygen atoms in total. The van der Waals surface area contributed by atoms with Crippen LogP contribution < -0.4 is 0 Å². The molecular formula is C37H41F3O6. The molecular weight excluding hydrogens is 597 g/mol. The first-order valence-corrected chi connectivity index (χ1v) is 15.3. The fraction of sp³-hybridized carbons (Fsp3) is 0.351. The highest BCUT2D eigenvalue weighted by molar-refractivity contribution is 5.88. The number of aliphatic hydroxyl groups is 2. The van der Waals surface area contributed by atoms with E-state index in [4.69, 9.17) is 19.7 Å². The maximum Gasteiger partial charge on any atom is 0.389 e. The quantitative estimate of drug-likeness (QED) is 0.0929. The normalized spacial score (nSPS) is 11.3. The molecule has 0 aliphatic rings. The van der Waals surface area contributed by atoms with Gasteiger partial charge in [-0.15, -0.1) is 0 Å². The first kappa shape index (κ1) is 36.3. The molecule has 0 heterocycles. The summed E-state index contributed by atoms with van der Waals surface area (Å²) in [5, 5.41) is 18.3. The van der Waals surface area contributed by atoms with Gasteiger partial charge in [0.25, 0.3) is 0 Å². The van der Waals surface area contributed by atoms with E-state index in [0.29, 0.717) is 25.7 Å². The van der Waals surface area contributed by atoms with Crippen molar-refractivity contribution in [1.82, 2.24) is 0 Å². The highest BCUT2D eigenvalue weighted by Crippen LogP contribution is 2.32. The van der Waals surface area contributed by atoms with E-state index >= 15 is 0 Å². The van der Waals surface area contributed by atoms with Crippen LogP contribution in [0.25, 0.3) is 22.3 Å². The predicted molar refractivity (Wildman–Crippen MR) is 172 cm³/mol. The average Bonchev–Trinajstić information content (AvgIpc) is 3.05. The fourth-order valence-corrected chi connectivity index (χ4v) is 4.98. The van der Waals surface area contributed by atoms with Crippen LogP contribution in [0.1, 0.15) is 48.4 Å². The molecule has 0 aliphatic carbocycles. The van der Waals surface area contributed by atoms with Crippen LogP contribution in [0.2, 0.25) is 0 Å². The number of aryl methyl sites for hydroxylation is 2. The van der Waals surface area contributed by atoms with Crippen LogP contribution in [-0.4, -0.2) is 54.8 Å². The summed E-state index contributed by atoms with van der Waals surface area (Å²) in [6.07, 6.45) is -2.12. The molecule has 0 bridgehead atoms. The largest absolute Gasteiger partial charge is 0.462 e. The molecule has 246 valence electrons. The van der Waals surface area contributed by atoms with Crippen molar-refractivity contribution in [3.63, 3.8) is 0 Å². The Morgan fingerprint density at radius 3 is 1.80 bits per heavy atom. The monoisotopic (exact) mass is 638 g/mol. The molecule has 3 rings (SSSR count). The first-order valence-electron chi connectivity index (χ1n) is 15.3. The van der Waals surface area contributed by atoms with Crippen molar-refractivity contribution in [1.29, 1.82) is 0 Å². The maximum atomic E-state index is 12.4. The van der Waals surface area contributed by atoms with Gasteiger partial charge in [-0.1, -0.05) is 80.7 Å². The third-order valence-corrected chi connectivity index (χ3v) is 7.63. The summed E-state index contributed by atoms with van der Waals surface area (Å²) in [6.45, 7) is 8.20. The number of esters is 2. The van der Waals surface area contributed by atoms with E-state index in [1.54, 1.807) is 0 Å². The number of benzene rings is 3. The number of halogens is 3. The zero-order valence-corrected chi connectivity index (χ0v) is 26.1. The van der Waals surface area contributed by atoms with Gasteiger partial charge < -0.3 is 19.7 Å². The topological polar surface area (TPSA) is 93.1 Å².